The number of nitrogens with one attached hydrogen (secondary N) is 1. The lowest BCUT2D eigenvalue weighted by atomic mass is 10.1. The van der Waals surface area contributed by atoms with Crippen molar-refractivity contribution in [2.75, 3.05) is 24.6 Å². The topological polar surface area (TPSA) is 58.4 Å². The number of carbonyl (C=O) groups excluding carboxylic acids is 1. The summed E-state index contributed by atoms with van der Waals surface area (Å²) in [7, 11) is 1.85. The van der Waals surface area contributed by atoms with Crippen molar-refractivity contribution in [1.82, 2.24) is 4.90 Å². The van der Waals surface area contributed by atoms with Crippen LogP contribution in [0.2, 0.25) is 0 Å². The maximum atomic E-state index is 11.3. The second-order valence-corrected chi connectivity index (χ2v) is 4.28. The molecule has 1 fully saturated rings. The number of anilines is 2. The summed E-state index contributed by atoms with van der Waals surface area (Å²) >= 11 is 0. The van der Waals surface area contributed by atoms with Crippen LogP contribution in [-0.2, 0) is 4.79 Å². The molecule has 1 amide bonds. The molecule has 0 saturated carbocycles. The molecule has 1 saturated heterocycles. The number of likely N-dealkylation sites (tertiary alicyclic amines) is 1. The molecular weight excluding hydrogens is 202 g/mol. The average molecular weight is 219 g/mol. The maximum absolute atomic E-state index is 11.3. The predicted molar refractivity (Wildman–Crippen MR) is 65.1 cm³/mol. The van der Waals surface area contributed by atoms with Crippen molar-refractivity contribution in [2.45, 2.75) is 18.9 Å². The number of nitrogens with zero attached hydrogens (tertiary/aromatic N) is 1. The maximum Gasteiger partial charge on any atom is 0.222 e. The number of nitrogens with two attached hydrogens (primary N) is 1. The number of piperidine rings is 1. The molecule has 4 nitrogen and oxygen atoms in total. The Hall–Kier alpha value is -1.71. The standard InChI is InChI=1S/C12H17N3O/c1-15-8-11(6-7-12(15)16)14-10-4-2-9(13)3-5-10/h2-5,11,14H,6-8,13H2,1H3. The smallest absolute Gasteiger partial charge is 0.222 e. The minimum Gasteiger partial charge on any atom is -0.399 e. The van der Waals surface area contributed by atoms with Crippen molar-refractivity contribution in [3.63, 3.8) is 0 Å². The molecule has 3 N–H and O–H groups in total. The number of rotatable bonds is 2. The predicted octanol–water partition coefficient (Wildman–Crippen LogP) is 1.30. The third kappa shape index (κ3) is 2.45. The Kier molecular flexibility index (Phi) is 2.99. The van der Waals surface area contributed by atoms with Gasteiger partial charge in [0.05, 0.1) is 0 Å². The molecule has 1 aromatic carbocycles. The van der Waals surface area contributed by atoms with E-state index >= 15 is 0 Å². The Morgan fingerprint density at radius 2 is 2.06 bits per heavy atom. The van der Waals surface area contributed by atoms with Gasteiger partial charge in [0.25, 0.3) is 0 Å². The molecule has 0 spiro atoms. The summed E-state index contributed by atoms with van der Waals surface area (Å²) in [5, 5.41) is 3.41. The summed E-state index contributed by atoms with van der Waals surface area (Å²) in [5.74, 6) is 0.232. The van der Waals surface area contributed by atoms with Crippen LogP contribution in [-0.4, -0.2) is 30.4 Å². The van der Waals surface area contributed by atoms with Gasteiger partial charge in [-0.1, -0.05) is 0 Å². The Morgan fingerprint density at radius 1 is 1.38 bits per heavy atom. The minimum atomic E-state index is 0.232. The van der Waals surface area contributed by atoms with Gasteiger partial charge in [-0.15, -0.1) is 0 Å². The van der Waals surface area contributed by atoms with E-state index in [0.717, 1.165) is 24.3 Å². The second-order valence-electron chi connectivity index (χ2n) is 4.28. The molecule has 1 atom stereocenters. The number of hydrogen-bond acceptors (Lipinski definition) is 3. The van der Waals surface area contributed by atoms with Gasteiger partial charge in [0.2, 0.25) is 5.91 Å². The van der Waals surface area contributed by atoms with Gasteiger partial charge in [0.15, 0.2) is 0 Å². The monoisotopic (exact) mass is 219 g/mol. The largest absolute Gasteiger partial charge is 0.399 e. The van der Waals surface area contributed by atoms with Crippen molar-refractivity contribution >= 4 is 17.3 Å². The van der Waals surface area contributed by atoms with Gasteiger partial charge < -0.3 is 16.0 Å². The first-order valence-corrected chi connectivity index (χ1v) is 5.51. The fraction of sp³-hybridized carbons (Fsp3) is 0.417. The van der Waals surface area contributed by atoms with Crippen LogP contribution in [0.15, 0.2) is 24.3 Å². The van der Waals surface area contributed by atoms with Crippen LogP contribution in [0.25, 0.3) is 0 Å². The highest BCUT2D eigenvalue weighted by molar-refractivity contribution is 5.77. The highest BCUT2D eigenvalue weighted by Gasteiger charge is 2.22. The molecule has 1 aliphatic heterocycles. The second kappa shape index (κ2) is 4.43. The highest BCUT2D eigenvalue weighted by Crippen LogP contribution is 2.17. The summed E-state index contributed by atoms with van der Waals surface area (Å²) in [4.78, 5) is 13.1. The third-order valence-corrected chi connectivity index (χ3v) is 2.91. The highest BCUT2D eigenvalue weighted by atomic mass is 16.2. The Morgan fingerprint density at radius 3 is 2.69 bits per heavy atom. The van der Waals surface area contributed by atoms with E-state index in [4.69, 9.17) is 5.73 Å². The van der Waals surface area contributed by atoms with Crippen molar-refractivity contribution < 1.29 is 4.79 Å². The van der Waals surface area contributed by atoms with Crippen LogP contribution in [0.5, 0.6) is 0 Å². The first-order chi connectivity index (χ1) is 7.65. The van der Waals surface area contributed by atoms with E-state index in [9.17, 15) is 4.79 Å². The van der Waals surface area contributed by atoms with E-state index in [1.165, 1.54) is 0 Å². The molecule has 16 heavy (non-hydrogen) atoms. The molecule has 0 radical (unpaired) electrons. The van der Waals surface area contributed by atoms with Crippen LogP contribution in [0.3, 0.4) is 0 Å². The van der Waals surface area contributed by atoms with Crippen LogP contribution < -0.4 is 11.1 Å². The molecule has 1 heterocycles. The Bertz CT molecular complexity index is 374. The van der Waals surface area contributed by atoms with Crippen molar-refractivity contribution in [1.29, 1.82) is 0 Å². The van der Waals surface area contributed by atoms with Gasteiger partial charge in [-0.05, 0) is 30.7 Å². The fourth-order valence-corrected chi connectivity index (χ4v) is 1.95. The molecule has 1 aromatic rings. The number of amides is 1. The average Bonchev–Trinajstić information content (AvgIpc) is 2.27. The molecular formula is C12H17N3O. The molecule has 0 aromatic heterocycles. The Labute approximate surface area is 95.4 Å². The number of hydrogen-bond donors (Lipinski definition) is 2. The quantitative estimate of drug-likeness (QED) is 0.737. The van der Waals surface area contributed by atoms with Gasteiger partial charge in [0.1, 0.15) is 0 Å². The zero-order valence-corrected chi connectivity index (χ0v) is 9.44. The zero-order chi connectivity index (χ0) is 11.5. The van der Waals surface area contributed by atoms with E-state index in [2.05, 4.69) is 5.32 Å². The normalized spacial score (nSPS) is 20.9. The molecule has 4 heteroatoms. The van der Waals surface area contributed by atoms with E-state index in [1.807, 2.05) is 31.3 Å². The molecule has 2 rings (SSSR count). The molecule has 1 unspecified atom stereocenters. The third-order valence-electron chi connectivity index (χ3n) is 2.91. The number of benzene rings is 1. The van der Waals surface area contributed by atoms with E-state index in [-0.39, 0.29) is 5.91 Å². The summed E-state index contributed by atoms with van der Waals surface area (Å²) in [6.45, 7) is 0.767. The lowest BCUT2D eigenvalue weighted by Crippen LogP contribution is -2.43. The van der Waals surface area contributed by atoms with E-state index < -0.39 is 0 Å². The van der Waals surface area contributed by atoms with Gasteiger partial charge in [-0.25, -0.2) is 0 Å². The van der Waals surface area contributed by atoms with Gasteiger partial charge >= 0.3 is 0 Å². The number of nitrogen functional groups attached to an aromatic ring is 1. The van der Waals surface area contributed by atoms with Crippen LogP contribution in [0.1, 0.15) is 12.8 Å². The minimum absolute atomic E-state index is 0.232. The summed E-state index contributed by atoms with van der Waals surface area (Å²) < 4.78 is 0. The number of likely N-dealkylation sites (N-methyl/N-ethyl adjacent to an activating group) is 1. The first-order valence-electron chi connectivity index (χ1n) is 5.51. The molecule has 86 valence electrons. The lowest BCUT2D eigenvalue weighted by molar-refractivity contribution is -0.132. The molecule has 0 aliphatic carbocycles. The lowest BCUT2D eigenvalue weighted by Gasteiger charge is -2.30. The first kappa shape index (κ1) is 10.8. The van der Waals surface area contributed by atoms with Crippen molar-refractivity contribution in [3.8, 4) is 0 Å². The van der Waals surface area contributed by atoms with E-state index in [0.29, 0.717) is 12.5 Å². The van der Waals surface area contributed by atoms with Gasteiger partial charge in [0, 0.05) is 37.4 Å². The number of carbonyl (C=O) groups is 1. The molecule has 1 aliphatic rings. The van der Waals surface area contributed by atoms with Gasteiger partial charge in [-0.2, -0.15) is 0 Å². The zero-order valence-electron chi connectivity index (χ0n) is 9.44. The van der Waals surface area contributed by atoms with Crippen LogP contribution in [0, 0.1) is 0 Å². The van der Waals surface area contributed by atoms with Crippen molar-refractivity contribution in [3.05, 3.63) is 24.3 Å². The summed E-state index contributed by atoms with van der Waals surface area (Å²) in [6.07, 6.45) is 1.52. The van der Waals surface area contributed by atoms with Crippen LogP contribution in [0.4, 0.5) is 11.4 Å². The summed E-state index contributed by atoms with van der Waals surface area (Å²) in [5.41, 5.74) is 7.44. The van der Waals surface area contributed by atoms with E-state index in [1.54, 1.807) is 4.90 Å². The molecule has 0 bridgehead atoms. The SMILES string of the molecule is CN1CC(Nc2ccc(N)cc2)CCC1=O. The summed E-state index contributed by atoms with van der Waals surface area (Å²) in [6, 6.07) is 8.02. The van der Waals surface area contributed by atoms with Crippen LogP contribution >= 0.6 is 0 Å². The van der Waals surface area contributed by atoms with Gasteiger partial charge in [-0.3, -0.25) is 4.79 Å². The Balaban J connectivity index is 1.95. The van der Waals surface area contributed by atoms with Crippen molar-refractivity contribution in [2.24, 2.45) is 0 Å². The fourth-order valence-electron chi connectivity index (χ4n) is 1.95.